The standard InChI is InChI=1S/C21H24N4O2/c1-3-25-15-22-24-21(25)17-6-4-7-18(14-17)23-20(26)8-5-13-27-19-11-9-16(2)10-12-19/h4,6-7,9-12,14-15H,3,5,8,13H2,1-2H3,(H,23,26). The van der Waals surface area contributed by atoms with E-state index >= 15 is 0 Å². The lowest BCUT2D eigenvalue weighted by Gasteiger charge is -2.09. The van der Waals surface area contributed by atoms with Gasteiger partial charge in [0.25, 0.3) is 0 Å². The molecule has 3 aromatic rings. The molecule has 2 aromatic carbocycles. The van der Waals surface area contributed by atoms with Gasteiger partial charge in [0, 0.05) is 24.2 Å². The fraction of sp³-hybridized carbons (Fsp3) is 0.286. The van der Waals surface area contributed by atoms with Crippen molar-refractivity contribution < 1.29 is 9.53 Å². The van der Waals surface area contributed by atoms with Crippen LogP contribution >= 0.6 is 0 Å². The third-order valence-electron chi connectivity index (χ3n) is 4.20. The molecule has 6 nitrogen and oxygen atoms in total. The Hall–Kier alpha value is -3.15. The highest BCUT2D eigenvalue weighted by Gasteiger charge is 2.08. The summed E-state index contributed by atoms with van der Waals surface area (Å²) in [6, 6.07) is 15.5. The minimum atomic E-state index is -0.0309. The molecule has 0 saturated carbocycles. The summed E-state index contributed by atoms with van der Waals surface area (Å²) in [5.41, 5.74) is 2.87. The second-order valence-corrected chi connectivity index (χ2v) is 6.33. The van der Waals surface area contributed by atoms with Crippen LogP contribution in [-0.4, -0.2) is 27.3 Å². The number of hydrogen-bond acceptors (Lipinski definition) is 4. The molecule has 0 unspecified atom stereocenters. The number of aryl methyl sites for hydroxylation is 2. The fourth-order valence-corrected chi connectivity index (χ4v) is 2.73. The monoisotopic (exact) mass is 364 g/mol. The molecule has 6 heteroatoms. The van der Waals surface area contributed by atoms with Crippen LogP contribution in [0.1, 0.15) is 25.3 Å². The van der Waals surface area contributed by atoms with Crippen LogP contribution in [0, 0.1) is 6.92 Å². The van der Waals surface area contributed by atoms with Crippen LogP contribution in [0.15, 0.2) is 54.9 Å². The number of carbonyl (C=O) groups is 1. The van der Waals surface area contributed by atoms with Gasteiger partial charge in [0.1, 0.15) is 12.1 Å². The van der Waals surface area contributed by atoms with E-state index in [0.717, 1.165) is 29.4 Å². The summed E-state index contributed by atoms with van der Waals surface area (Å²) in [7, 11) is 0. The molecule has 1 amide bonds. The molecule has 0 atom stereocenters. The van der Waals surface area contributed by atoms with Crippen LogP contribution in [0.3, 0.4) is 0 Å². The quantitative estimate of drug-likeness (QED) is 0.612. The van der Waals surface area contributed by atoms with Gasteiger partial charge >= 0.3 is 0 Å². The van der Waals surface area contributed by atoms with Gasteiger partial charge in [-0.1, -0.05) is 29.8 Å². The van der Waals surface area contributed by atoms with E-state index in [9.17, 15) is 4.79 Å². The van der Waals surface area contributed by atoms with Crippen LogP contribution < -0.4 is 10.1 Å². The van der Waals surface area contributed by atoms with Crippen molar-refractivity contribution in [3.63, 3.8) is 0 Å². The molecule has 1 N–H and O–H groups in total. The highest BCUT2D eigenvalue weighted by Crippen LogP contribution is 2.21. The zero-order chi connectivity index (χ0) is 19.1. The molecule has 0 radical (unpaired) electrons. The van der Waals surface area contributed by atoms with Crippen molar-refractivity contribution in [2.24, 2.45) is 0 Å². The van der Waals surface area contributed by atoms with E-state index in [0.29, 0.717) is 19.4 Å². The maximum Gasteiger partial charge on any atom is 0.224 e. The summed E-state index contributed by atoms with van der Waals surface area (Å²) in [6.07, 6.45) is 2.76. The second-order valence-electron chi connectivity index (χ2n) is 6.33. The van der Waals surface area contributed by atoms with Gasteiger partial charge in [-0.2, -0.15) is 0 Å². The van der Waals surface area contributed by atoms with Gasteiger partial charge in [-0.05, 0) is 44.5 Å². The third-order valence-corrected chi connectivity index (χ3v) is 4.20. The van der Waals surface area contributed by atoms with Crippen molar-refractivity contribution >= 4 is 11.6 Å². The predicted octanol–water partition coefficient (Wildman–Crippen LogP) is 4.07. The number of nitrogens with zero attached hydrogens (tertiary/aromatic N) is 3. The first-order valence-corrected chi connectivity index (χ1v) is 9.13. The maximum atomic E-state index is 12.2. The van der Waals surface area contributed by atoms with Crippen LogP contribution in [0.25, 0.3) is 11.4 Å². The number of anilines is 1. The minimum Gasteiger partial charge on any atom is -0.494 e. The molecule has 0 aliphatic heterocycles. The number of benzene rings is 2. The molecule has 0 aliphatic carbocycles. The van der Waals surface area contributed by atoms with Crippen LogP contribution in [0.4, 0.5) is 5.69 Å². The molecule has 0 aliphatic rings. The van der Waals surface area contributed by atoms with Crippen LogP contribution in [0.2, 0.25) is 0 Å². The Morgan fingerprint density at radius 2 is 2.00 bits per heavy atom. The number of rotatable bonds is 8. The van der Waals surface area contributed by atoms with E-state index in [4.69, 9.17) is 4.74 Å². The molecule has 0 saturated heterocycles. The smallest absolute Gasteiger partial charge is 0.224 e. The number of ether oxygens (including phenoxy) is 1. The predicted molar refractivity (Wildman–Crippen MR) is 106 cm³/mol. The van der Waals surface area contributed by atoms with Gasteiger partial charge in [-0.25, -0.2) is 0 Å². The largest absolute Gasteiger partial charge is 0.494 e. The average molecular weight is 364 g/mol. The van der Waals surface area contributed by atoms with Crippen molar-refractivity contribution in [3.8, 4) is 17.1 Å². The minimum absolute atomic E-state index is 0.0309. The maximum absolute atomic E-state index is 12.2. The van der Waals surface area contributed by atoms with Gasteiger partial charge in [-0.3, -0.25) is 4.79 Å². The number of carbonyl (C=O) groups excluding carboxylic acids is 1. The van der Waals surface area contributed by atoms with Gasteiger partial charge in [0.2, 0.25) is 5.91 Å². The lowest BCUT2D eigenvalue weighted by molar-refractivity contribution is -0.116. The highest BCUT2D eigenvalue weighted by atomic mass is 16.5. The SMILES string of the molecule is CCn1cnnc1-c1cccc(NC(=O)CCCOc2ccc(C)cc2)c1. The molecule has 3 rings (SSSR count). The Labute approximate surface area is 159 Å². The summed E-state index contributed by atoms with van der Waals surface area (Å²) in [5, 5.41) is 11.0. The van der Waals surface area contributed by atoms with E-state index in [1.165, 1.54) is 5.56 Å². The summed E-state index contributed by atoms with van der Waals surface area (Å²) in [4.78, 5) is 12.2. The van der Waals surface area contributed by atoms with Crippen molar-refractivity contribution in [3.05, 3.63) is 60.4 Å². The normalized spacial score (nSPS) is 10.6. The summed E-state index contributed by atoms with van der Waals surface area (Å²) in [6.45, 7) is 5.38. The van der Waals surface area contributed by atoms with Gasteiger partial charge in [-0.15, -0.1) is 10.2 Å². The summed E-state index contributed by atoms with van der Waals surface area (Å²) >= 11 is 0. The number of nitrogens with one attached hydrogen (secondary N) is 1. The van der Waals surface area contributed by atoms with E-state index in [2.05, 4.69) is 15.5 Å². The molecule has 0 spiro atoms. The fourth-order valence-electron chi connectivity index (χ4n) is 2.73. The molecular formula is C21H24N4O2. The molecule has 1 heterocycles. The number of hydrogen-bond donors (Lipinski definition) is 1. The van der Waals surface area contributed by atoms with Gasteiger partial charge in [0.05, 0.1) is 6.61 Å². The Morgan fingerprint density at radius 3 is 2.78 bits per heavy atom. The van der Waals surface area contributed by atoms with Crippen LogP contribution in [-0.2, 0) is 11.3 Å². The Balaban J connectivity index is 1.49. The molecule has 140 valence electrons. The van der Waals surface area contributed by atoms with E-state index in [-0.39, 0.29) is 5.91 Å². The van der Waals surface area contributed by atoms with Gasteiger partial charge in [0.15, 0.2) is 5.82 Å². The molecule has 1 aromatic heterocycles. The van der Waals surface area contributed by atoms with Crippen molar-refractivity contribution in [1.29, 1.82) is 0 Å². The van der Waals surface area contributed by atoms with Crippen molar-refractivity contribution in [1.82, 2.24) is 14.8 Å². The lowest BCUT2D eigenvalue weighted by atomic mass is 10.2. The Kier molecular flexibility index (Phi) is 6.20. The van der Waals surface area contributed by atoms with Crippen molar-refractivity contribution in [2.75, 3.05) is 11.9 Å². The Morgan fingerprint density at radius 1 is 1.19 bits per heavy atom. The first-order valence-electron chi connectivity index (χ1n) is 9.13. The average Bonchev–Trinajstić information content (AvgIpc) is 3.16. The van der Waals surface area contributed by atoms with E-state index in [1.54, 1.807) is 6.33 Å². The summed E-state index contributed by atoms with van der Waals surface area (Å²) < 4.78 is 7.62. The first-order chi connectivity index (χ1) is 13.2. The zero-order valence-electron chi connectivity index (χ0n) is 15.7. The lowest BCUT2D eigenvalue weighted by Crippen LogP contribution is -2.13. The molecule has 0 fully saturated rings. The van der Waals surface area contributed by atoms with E-state index < -0.39 is 0 Å². The first kappa shape index (κ1) is 18.6. The van der Waals surface area contributed by atoms with Crippen LogP contribution in [0.5, 0.6) is 5.75 Å². The van der Waals surface area contributed by atoms with Crippen molar-refractivity contribution in [2.45, 2.75) is 33.2 Å². The van der Waals surface area contributed by atoms with E-state index in [1.807, 2.05) is 66.9 Å². The Bertz CT molecular complexity index is 887. The number of aromatic nitrogens is 3. The molecule has 0 bridgehead atoms. The van der Waals surface area contributed by atoms with Gasteiger partial charge < -0.3 is 14.6 Å². The molecular weight excluding hydrogens is 340 g/mol. The highest BCUT2D eigenvalue weighted by molar-refractivity contribution is 5.91. The molecule has 27 heavy (non-hydrogen) atoms. The summed E-state index contributed by atoms with van der Waals surface area (Å²) in [5.74, 6) is 1.59. The number of amides is 1. The third kappa shape index (κ3) is 5.17. The zero-order valence-corrected chi connectivity index (χ0v) is 15.7. The topological polar surface area (TPSA) is 69.0 Å². The second kappa shape index (κ2) is 8.98.